The standard InChI is InChI=1S/C10H14N2O4/c13-10(14)4-3-8-11-9(16-12-8)6-7-2-1-5-15-7/h7H,1-6H2,(H,13,14). The van der Waals surface area contributed by atoms with Gasteiger partial charge in [-0.05, 0) is 12.8 Å². The molecule has 6 heteroatoms. The third-order valence-electron chi connectivity index (χ3n) is 2.50. The number of ether oxygens (including phenoxy) is 1. The van der Waals surface area contributed by atoms with Crippen molar-refractivity contribution >= 4 is 5.97 Å². The van der Waals surface area contributed by atoms with Gasteiger partial charge in [0.15, 0.2) is 5.82 Å². The van der Waals surface area contributed by atoms with Gasteiger partial charge in [0.05, 0.1) is 18.9 Å². The van der Waals surface area contributed by atoms with Gasteiger partial charge in [-0.15, -0.1) is 0 Å². The lowest BCUT2D eigenvalue weighted by Gasteiger charge is -2.03. The maximum absolute atomic E-state index is 10.4. The first-order valence-corrected chi connectivity index (χ1v) is 5.39. The van der Waals surface area contributed by atoms with Crippen molar-refractivity contribution in [1.29, 1.82) is 0 Å². The molecule has 88 valence electrons. The van der Waals surface area contributed by atoms with E-state index >= 15 is 0 Å². The van der Waals surface area contributed by atoms with Gasteiger partial charge < -0.3 is 14.4 Å². The largest absolute Gasteiger partial charge is 0.481 e. The van der Waals surface area contributed by atoms with Crippen LogP contribution in [0, 0.1) is 0 Å². The molecule has 16 heavy (non-hydrogen) atoms. The van der Waals surface area contributed by atoms with Crippen molar-refractivity contribution in [2.45, 2.75) is 38.2 Å². The van der Waals surface area contributed by atoms with Crippen LogP contribution in [0.3, 0.4) is 0 Å². The van der Waals surface area contributed by atoms with Gasteiger partial charge in [-0.1, -0.05) is 5.16 Å². The average molecular weight is 226 g/mol. The summed E-state index contributed by atoms with van der Waals surface area (Å²) in [5.74, 6) is 0.133. The number of aliphatic carboxylic acids is 1. The molecule has 1 aliphatic rings. The van der Waals surface area contributed by atoms with Crippen LogP contribution < -0.4 is 0 Å². The highest BCUT2D eigenvalue weighted by atomic mass is 16.5. The number of hydrogen-bond acceptors (Lipinski definition) is 5. The minimum Gasteiger partial charge on any atom is -0.481 e. The Morgan fingerprint density at radius 1 is 1.56 bits per heavy atom. The molecule has 2 heterocycles. The van der Waals surface area contributed by atoms with Crippen LogP contribution in [0.5, 0.6) is 0 Å². The van der Waals surface area contributed by atoms with Crippen molar-refractivity contribution in [1.82, 2.24) is 10.1 Å². The van der Waals surface area contributed by atoms with E-state index in [0.29, 0.717) is 24.6 Å². The van der Waals surface area contributed by atoms with E-state index in [1.54, 1.807) is 0 Å². The first-order chi connectivity index (χ1) is 7.74. The van der Waals surface area contributed by atoms with Crippen LogP contribution in [-0.2, 0) is 22.4 Å². The molecule has 0 amide bonds. The van der Waals surface area contributed by atoms with E-state index in [1.807, 2.05) is 0 Å². The van der Waals surface area contributed by atoms with Crippen LogP contribution in [0.1, 0.15) is 31.0 Å². The Morgan fingerprint density at radius 2 is 2.44 bits per heavy atom. The van der Waals surface area contributed by atoms with Crippen molar-refractivity contribution < 1.29 is 19.2 Å². The molecule has 1 N–H and O–H groups in total. The van der Waals surface area contributed by atoms with E-state index in [-0.39, 0.29) is 12.5 Å². The third kappa shape index (κ3) is 3.03. The molecule has 0 spiro atoms. The Labute approximate surface area is 92.6 Å². The molecule has 1 aromatic rings. The number of rotatable bonds is 5. The summed E-state index contributed by atoms with van der Waals surface area (Å²) in [5, 5.41) is 12.2. The highest BCUT2D eigenvalue weighted by Gasteiger charge is 2.19. The fourth-order valence-electron chi connectivity index (χ4n) is 1.69. The molecule has 0 saturated carbocycles. The van der Waals surface area contributed by atoms with E-state index in [9.17, 15) is 4.79 Å². The van der Waals surface area contributed by atoms with Gasteiger partial charge in [0.2, 0.25) is 5.89 Å². The number of carboxylic acids is 1. The highest BCUT2D eigenvalue weighted by molar-refractivity contribution is 5.66. The smallest absolute Gasteiger partial charge is 0.303 e. The molecular weight excluding hydrogens is 212 g/mol. The second-order valence-electron chi connectivity index (χ2n) is 3.84. The van der Waals surface area contributed by atoms with Crippen molar-refractivity contribution in [3.63, 3.8) is 0 Å². The summed E-state index contributed by atoms with van der Waals surface area (Å²) in [6, 6.07) is 0. The predicted octanol–water partition coefficient (Wildman–Crippen LogP) is 0.808. The van der Waals surface area contributed by atoms with Crippen LogP contribution in [0.15, 0.2) is 4.52 Å². The SMILES string of the molecule is O=C(O)CCc1noc(CC2CCCO2)n1. The Hall–Kier alpha value is -1.43. The van der Waals surface area contributed by atoms with Gasteiger partial charge in [0.25, 0.3) is 0 Å². The van der Waals surface area contributed by atoms with Gasteiger partial charge in [0.1, 0.15) is 0 Å². The number of hydrogen-bond donors (Lipinski definition) is 1. The Kier molecular flexibility index (Phi) is 3.51. The van der Waals surface area contributed by atoms with Gasteiger partial charge in [-0.3, -0.25) is 4.79 Å². The topological polar surface area (TPSA) is 85.5 Å². The molecule has 0 bridgehead atoms. The van der Waals surface area contributed by atoms with E-state index in [1.165, 1.54) is 0 Å². The fraction of sp³-hybridized carbons (Fsp3) is 0.700. The molecule has 1 saturated heterocycles. The first kappa shape index (κ1) is 11.1. The highest BCUT2D eigenvalue weighted by Crippen LogP contribution is 2.16. The lowest BCUT2D eigenvalue weighted by atomic mass is 10.2. The number of nitrogens with zero attached hydrogens (tertiary/aromatic N) is 2. The molecular formula is C10H14N2O4. The quantitative estimate of drug-likeness (QED) is 0.799. The molecule has 1 fully saturated rings. The third-order valence-corrected chi connectivity index (χ3v) is 2.50. The van der Waals surface area contributed by atoms with Crippen molar-refractivity contribution in [2.24, 2.45) is 0 Å². The van der Waals surface area contributed by atoms with Crippen LogP contribution in [0.4, 0.5) is 0 Å². The zero-order valence-corrected chi connectivity index (χ0v) is 8.89. The maximum Gasteiger partial charge on any atom is 0.303 e. The molecule has 1 aliphatic heterocycles. The van der Waals surface area contributed by atoms with Crippen LogP contribution in [0.2, 0.25) is 0 Å². The number of carboxylic acid groups (broad SMARTS) is 1. The van der Waals surface area contributed by atoms with Crippen LogP contribution >= 0.6 is 0 Å². The van der Waals surface area contributed by atoms with Crippen molar-refractivity contribution in [3.05, 3.63) is 11.7 Å². The first-order valence-electron chi connectivity index (χ1n) is 5.39. The normalized spacial score (nSPS) is 20.1. The van der Waals surface area contributed by atoms with Gasteiger partial charge in [-0.2, -0.15) is 4.98 Å². The second-order valence-corrected chi connectivity index (χ2v) is 3.84. The Balaban J connectivity index is 1.84. The number of carbonyl (C=O) groups is 1. The number of aromatic nitrogens is 2. The molecule has 0 aliphatic carbocycles. The zero-order chi connectivity index (χ0) is 11.4. The summed E-state index contributed by atoms with van der Waals surface area (Å²) in [7, 11) is 0. The summed E-state index contributed by atoms with van der Waals surface area (Å²) in [5.41, 5.74) is 0. The lowest BCUT2D eigenvalue weighted by Crippen LogP contribution is -2.09. The maximum atomic E-state index is 10.4. The van der Waals surface area contributed by atoms with E-state index in [2.05, 4.69) is 10.1 Å². The molecule has 1 aromatic heterocycles. The van der Waals surface area contributed by atoms with Gasteiger partial charge in [0, 0.05) is 13.0 Å². The summed E-state index contributed by atoms with van der Waals surface area (Å²) < 4.78 is 10.5. The molecule has 1 atom stereocenters. The Morgan fingerprint density at radius 3 is 3.12 bits per heavy atom. The van der Waals surface area contributed by atoms with Crippen molar-refractivity contribution in [2.75, 3.05) is 6.61 Å². The molecule has 0 radical (unpaired) electrons. The number of aryl methyl sites for hydroxylation is 1. The minimum atomic E-state index is -0.856. The molecule has 0 aromatic carbocycles. The summed E-state index contributed by atoms with van der Waals surface area (Å²) >= 11 is 0. The fourth-order valence-corrected chi connectivity index (χ4v) is 1.69. The summed E-state index contributed by atoms with van der Waals surface area (Å²) in [4.78, 5) is 14.5. The van der Waals surface area contributed by atoms with Crippen LogP contribution in [0.25, 0.3) is 0 Å². The average Bonchev–Trinajstić information content (AvgIpc) is 2.87. The molecule has 1 unspecified atom stereocenters. The van der Waals surface area contributed by atoms with E-state index in [0.717, 1.165) is 19.4 Å². The Bertz CT molecular complexity index is 357. The van der Waals surface area contributed by atoms with E-state index < -0.39 is 5.97 Å². The lowest BCUT2D eigenvalue weighted by molar-refractivity contribution is -0.137. The summed E-state index contributed by atoms with van der Waals surface area (Å²) in [6.07, 6.45) is 3.23. The van der Waals surface area contributed by atoms with E-state index in [4.69, 9.17) is 14.4 Å². The second kappa shape index (κ2) is 5.07. The van der Waals surface area contributed by atoms with Crippen molar-refractivity contribution in [3.8, 4) is 0 Å². The summed E-state index contributed by atoms with van der Waals surface area (Å²) in [6.45, 7) is 0.796. The monoisotopic (exact) mass is 226 g/mol. The molecule has 2 rings (SSSR count). The minimum absolute atomic E-state index is 0.0267. The molecule has 6 nitrogen and oxygen atoms in total. The zero-order valence-electron chi connectivity index (χ0n) is 8.89. The van der Waals surface area contributed by atoms with Gasteiger partial charge in [-0.25, -0.2) is 0 Å². The van der Waals surface area contributed by atoms with Crippen LogP contribution in [-0.4, -0.2) is 33.9 Å². The predicted molar refractivity (Wildman–Crippen MR) is 52.9 cm³/mol. The van der Waals surface area contributed by atoms with Gasteiger partial charge >= 0.3 is 5.97 Å².